The molecular formula is C24H23N3O4. The van der Waals surface area contributed by atoms with Crippen LogP contribution < -0.4 is 20.2 Å². The predicted molar refractivity (Wildman–Crippen MR) is 119 cm³/mol. The molecule has 2 amide bonds. The molecule has 0 radical (unpaired) electrons. The monoisotopic (exact) mass is 417 g/mol. The van der Waals surface area contributed by atoms with Crippen LogP contribution in [0.1, 0.15) is 16.7 Å². The topological polar surface area (TPSA) is 89.0 Å². The fraction of sp³-hybridized carbons (Fsp3) is 0.125. The molecule has 0 fully saturated rings. The van der Waals surface area contributed by atoms with Crippen LogP contribution >= 0.6 is 0 Å². The first-order valence-corrected chi connectivity index (χ1v) is 9.60. The average molecular weight is 417 g/mol. The minimum absolute atomic E-state index is 0.478. The third kappa shape index (κ3) is 6.71. The molecule has 7 nitrogen and oxygen atoms in total. The van der Waals surface area contributed by atoms with Crippen molar-refractivity contribution >= 4 is 23.7 Å². The number of rotatable bonds is 7. The van der Waals surface area contributed by atoms with Gasteiger partial charge in [-0.15, -0.1) is 0 Å². The van der Waals surface area contributed by atoms with E-state index in [0.717, 1.165) is 16.9 Å². The maximum absolute atomic E-state index is 11.9. The molecule has 158 valence electrons. The molecule has 0 aliphatic heterocycles. The number of ether oxygens (including phenoxy) is 2. The number of carbonyl (C=O) groups is 2. The Hall–Kier alpha value is -4.13. The second kappa shape index (κ2) is 10.6. The average Bonchev–Trinajstić information content (AvgIpc) is 2.79. The van der Waals surface area contributed by atoms with E-state index in [1.807, 2.05) is 37.3 Å². The molecule has 0 aliphatic rings. The Morgan fingerprint density at radius 2 is 1.65 bits per heavy atom. The van der Waals surface area contributed by atoms with Crippen LogP contribution in [-0.4, -0.2) is 25.1 Å². The molecule has 0 saturated carbocycles. The van der Waals surface area contributed by atoms with Crippen molar-refractivity contribution < 1.29 is 19.1 Å². The lowest BCUT2D eigenvalue weighted by Gasteiger charge is -2.07. The van der Waals surface area contributed by atoms with Crippen molar-refractivity contribution in [3.63, 3.8) is 0 Å². The van der Waals surface area contributed by atoms with Crippen LogP contribution in [0.25, 0.3) is 0 Å². The molecule has 0 bridgehead atoms. The van der Waals surface area contributed by atoms with Crippen molar-refractivity contribution in [3.05, 3.63) is 89.5 Å². The summed E-state index contributed by atoms with van der Waals surface area (Å²) < 4.78 is 10.8. The number of hydrazone groups is 1. The molecule has 0 saturated heterocycles. The first-order valence-electron chi connectivity index (χ1n) is 9.60. The van der Waals surface area contributed by atoms with E-state index in [0.29, 0.717) is 18.0 Å². The van der Waals surface area contributed by atoms with Gasteiger partial charge >= 0.3 is 11.8 Å². The van der Waals surface area contributed by atoms with Crippen molar-refractivity contribution in [1.29, 1.82) is 0 Å². The summed E-state index contributed by atoms with van der Waals surface area (Å²) in [5.74, 6) is -0.312. The number of nitrogens with zero attached hydrogens (tertiary/aromatic N) is 1. The maximum Gasteiger partial charge on any atom is 0.329 e. The minimum Gasteiger partial charge on any atom is -0.497 e. The van der Waals surface area contributed by atoms with Gasteiger partial charge in [0.25, 0.3) is 0 Å². The van der Waals surface area contributed by atoms with Gasteiger partial charge in [-0.1, -0.05) is 29.8 Å². The van der Waals surface area contributed by atoms with Gasteiger partial charge in [-0.25, -0.2) is 5.43 Å². The quantitative estimate of drug-likeness (QED) is 0.349. The van der Waals surface area contributed by atoms with Gasteiger partial charge in [-0.2, -0.15) is 5.10 Å². The third-order valence-electron chi connectivity index (χ3n) is 4.30. The predicted octanol–water partition coefficient (Wildman–Crippen LogP) is 3.67. The van der Waals surface area contributed by atoms with Crippen molar-refractivity contribution in [2.75, 3.05) is 12.4 Å². The zero-order valence-corrected chi connectivity index (χ0v) is 17.3. The number of anilines is 1. The zero-order valence-electron chi connectivity index (χ0n) is 17.3. The molecule has 0 unspecified atom stereocenters. The maximum atomic E-state index is 11.9. The number of benzene rings is 3. The first kappa shape index (κ1) is 21.6. The highest BCUT2D eigenvalue weighted by Gasteiger charge is 2.12. The summed E-state index contributed by atoms with van der Waals surface area (Å²) in [5.41, 5.74) is 5.72. The second-order valence-electron chi connectivity index (χ2n) is 6.73. The van der Waals surface area contributed by atoms with Crippen LogP contribution in [0.5, 0.6) is 11.5 Å². The molecule has 3 aromatic rings. The number of methoxy groups -OCH3 is 1. The summed E-state index contributed by atoms with van der Waals surface area (Å²) in [6, 6.07) is 22.0. The van der Waals surface area contributed by atoms with Gasteiger partial charge in [0.05, 0.1) is 13.3 Å². The summed E-state index contributed by atoms with van der Waals surface area (Å²) in [4.78, 5) is 23.8. The molecule has 0 heterocycles. The third-order valence-corrected chi connectivity index (χ3v) is 4.30. The van der Waals surface area contributed by atoms with Crippen LogP contribution in [-0.2, 0) is 16.2 Å². The molecule has 0 atom stereocenters. The normalized spacial score (nSPS) is 10.5. The van der Waals surface area contributed by atoms with Gasteiger partial charge < -0.3 is 14.8 Å². The van der Waals surface area contributed by atoms with E-state index in [1.165, 1.54) is 11.8 Å². The lowest BCUT2D eigenvalue weighted by atomic mass is 10.1. The van der Waals surface area contributed by atoms with E-state index in [2.05, 4.69) is 21.9 Å². The number of nitrogens with one attached hydrogen (secondary N) is 2. The first-order chi connectivity index (χ1) is 15.0. The summed E-state index contributed by atoms with van der Waals surface area (Å²) in [6.45, 7) is 2.52. The van der Waals surface area contributed by atoms with Crippen LogP contribution in [0.3, 0.4) is 0 Å². The Balaban J connectivity index is 1.46. The van der Waals surface area contributed by atoms with Crippen LogP contribution in [0, 0.1) is 6.92 Å². The van der Waals surface area contributed by atoms with Gasteiger partial charge in [0.1, 0.15) is 18.1 Å². The molecule has 3 rings (SSSR count). The van der Waals surface area contributed by atoms with Crippen LogP contribution in [0.15, 0.2) is 77.9 Å². The highest BCUT2D eigenvalue weighted by atomic mass is 16.5. The summed E-state index contributed by atoms with van der Waals surface area (Å²) in [5, 5.41) is 6.30. The number of aryl methyl sites for hydroxylation is 1. The van der Waals surface area contributed by atoms with Gasteiger partial charge in [-0.05, 0) is 66.6 Å². The molecule has 0 aromatic heterocycles. The Bertz CT molecular complexity index is 1060. The zero-order chi connectivity index (χ0) is 22.1. The number of amides is 2. The molecule has 0 spiro atoms. The smallest absolute Gasteiger partial charge is 0.329 e. The van der Waals surface area contributed by atoms with E-state index in [9.17, 15) is 9.59 Å². The van der Waals surface area contributed by atoms with Gasteiger partial charge in [0.2, 0.25) is 0 Å². The molecule has 3 aromatic carbocycles. The molecule has 0 aliphatic carbocycles. The second-order valence-corrected chi connectivity index (χ2v) is 6.73. The van der Waals surface area contributed by atoms with Gasteiger partial charge in [0.15, 0.2) is 0 Å². The lowest BCUT2D eigenvalue weighted by molar-refractivity contribution is -0.136. The van der Waals surface area contributed by atoms with E-state index in [1.54, 1.807) is 43.5 Å². The van der Waals surface area contributed by atoms with Crippen molar-refractivity contribution in [3.8, 4) is 11.5 Å². The van der Waals surface area contributed by atoms with Crippen molar-refractivity contribution in [2.45, 2.75) is 13.5 Å². The Morgan fingerprint density at radius 3 is 2.32 bits per heavy atom. The molecular weight excluding hydrogens is 394 g/mol. The van der Waals surface area contributed by atoms with E-state index >= 15 is 0 Å². The Kier molecular flexibility index (Phi) is 7.37. The lowest BCUT2D eigenvalue weighted by Crippen LogP contribution is -2.32. The molecule has 31 heavy (non-hydrogen) atoms. The number of hydrogen-bond donors (Lipinski definition) is 2. The standard InChI is InChI=1S/C24H23N3O4/c1-17-4-3-5-19(14-17)16-31-22-10-6-18(7-11-22)15-25-27-24(29)23(28)26-20-8-12-21(30-2)13-9-20/h3-15H,16H2,1-2H3,(H,26,28)(H,27,29). The minimum atomic E-state index is -0.870. The largest absolute Gasteiger partial charge is 0.497 e. The fourth-order valence-electron chi connectivity index (χ4n) is 2.70. The van der Waals surface area contributed by atoms with Gasteiger partial charge in [0, 0.05) is 5.69 Å². The van der Waals surface area contributed by atoms with E-state index < -0.39 is 11.8 Å². The number of carbonyl (C=O) groups excluding carboxylic acids is 2. The van der Waals surface area contributed by atoms with Crippen LogP contribution in [0.2, 0.25) is 0 Å². The van der Waals surface area contributed by atoms with E-state index in [-0.39, 0.29) is 0 Å². The Morgan fingerprint density at radius 1 is 0.935 bits per heavy atom. The molecule has 7 heteroatoms. The number of hydrogen-bond acceptors (Lipinski definition) is 5. The fourth-order valence-corrected chi connectivity index (χ4v) is 2.70. The molecule has 2 N–H and O–H groups in total. The van der Waals surface area contributed by atoms with Crippen molar-refractivity contribution in [1.82, 2.24) is 5.43 Å². The Labute approximate surface area is 180 Å². The summed E-state index contributed by atoms with van der Waals surface area (Å²) >= 11 is 0. The van der Waals surface area contributed by atoms with Crippen molar-refractivity contribution in [2.24, 2.45) is 5.10 Å². The summed E-state index contributed by atoms with van der Waals surface area (Å²) in [6.07, 6.45) is 1.45. The highest BCUT2D eigenvalue weighted by molar-refractivity contribution is 6.39. The van der Waals surface area contributed by atoms with E-state index in [4.69, 9.17) is 9.47 Å². The SMILES string of the molecule is COc1ccc(NC(=O)C(=O)NN=Cc2ccc(OCc3cccc(C)c3)cc2)cc1. The van der Waals surface area contributed by atoms with Crippen LogP contribution in [0.4, 0.5) is 5.69 Å². The summed E-state index contributed by atoms with van der Waals surface area (Å²) in [7, 11) is 1.55. The highest BCUT2D eigenvalue weighted by Crippen LogP contribution is 2.15. The van der Waals surface area contributed by atoms with Gasteiger partial charge in [-0.3, -0.25) is 9.59 Å².